The van der Waals surface area contributed by atoms with E-state index < -0.39 is 6.04 Å². The van der Waals surface area contributed by atoms with Crippen LogP contribution in [0.3, 0.4) is 0 Å². The van der Waals surface area contributed by atoms with Gasteiger partial charge in [0.05, 0.1) is 0 Å². The molecule has 1 fully saturated rings. The number of hydrogen-bond donors (Lipinski definition) is 2. The van der Waals surface area contributed by atoms with E-state index in [-0.39, 0.29) is 24.1 Å². The van der Waals surface area contributed by atoms with Crippen LogP contribution in [0, 0.1) is 0 Å². The van der Waals surface area contributed by atoms with Gasteiger partial charge in [-0.05, 0) is 24.6 Å². The van der Waals surface area contributed by atoms with Crippen molar-refractivity contribution in [3.05, 3.63) is 34.9 Å². The first kappa shape index (κ1) is 13.8. The van der Waals surface area contributed by atoms with Gasteiger partial charge in [-0.2, -0.15) is 0 Å². The van der Waals surface area contributed by atoms with E-state index in [4.69, 9.17) is 0 Å². The fraction of sp³-hybridized carbons (Fsp3) is 0.400. The summed E-state index contributed by atoms with van der Waals surface area (Å²) in [7, 11) is 1.83. The minimum absolute atomic E-state index is 0.120. The summed E-state index contributed by atoms with van der Waals surface area (Å²) in [5, 5.41) is 5.36. The van der Waals surface area contributed by atoms with Crippen LogP contribution in [0.4, 0.5) is 0 Å². The lowest BCUT2D eigenvalue weighted by molar-refractivity contribution is -0.136. The van der Waals surface area contributed by atoms with Gasteiger partial charge in [-0.3, -0.25) is 19.7 Å². The van der Waals surface area contributed by atoms with Crippen LogP contribution in [0.2, 0.25) is 0 Å². The fourth-order valence-corrected chi connectivity index (χ4v) is 3.03. The Hall–Kier alpha value is -2.21. The summed E-state index contributed by atoms with van der Waals surface area (Å²) in [6.07, 6.45) is 0.672. The van der Waals surface area contributed by atoms with Crippen LogP contribution in [-0.4, -0.2) is 35.7 Å². The van der Waals surface area contributed by atoms with Crippen molar-refractivity contribution in [1.29, 1.82) is 0 Å². The van der Waals surface area contributed by atoms with Crippen molar-refractivity contribution in [1.82, 2.24) is 15.5 Å². The predicted octanol–water partition coefficient (Wildman–Crippen LogP) is 0.167. The highest BCUT2D eigenvalue weighted by atomic mass is 16.2. The van der Waals surface area contributed by atoms with E-state index in [0.717, 1.165) is 11.1 Å². The van der Waals surface area contributed by atoms with Crippen LogP contribution in [0.25, 0.3) is 0 Å². The van der Waals surface area contributed by atoms with Crippen LogP contribution < -0.4 is 10.6 Å². The largest absolute Gasteiger partial charge is 0.322 e. The molecule has 2 heterocycles. The van der Waals surface area contributed by atoms with Crippen molar-refractivity contribution in [3.8, 4) is 0 Å². The number of benzene rings is 1. The summed E-state index contributed by atoms with van der Waals surface area (Å²) in [6.45, 7) is 1.04. The maximum absolute atomic E-state index is 12.7. The number of carbonyl (C=O) groups is 3. The Kier molecular flexibility index (Phi) is 3.47. The standard InChI is InChI=1S/C15H17N3O3/c1-16-7-9-3-2-4-10-8-18(15(21)13(9)10)11-5-6-12(19)17-14(11)20/h2-4,11,16H,5-8H2,1H3,(H,17,19,20). The highest BCUT2D eigenvalue weighted by Gasteiger charge is 2.39. The predicted molar refractivity (Wildman–Crippen MR) is 75.3 cm³/mol. The number of fused-ring (bicyclic) bond motifs is 1. The maximum atomic E-state index is 12.7. The lowest BCUT2D eigenvalue weighted by atomic mass is 10.0. The maximum Gasteiger partial charge on any atom is 0.255 e. The quantitative estimate of drug-likeness (QED) is 0.777. The molecule has 110 valence electrons. The van der Waals surface area contributed by atoms with E-state index in [1.165, 1.54) is 0 Å². The molecule has 0 aliphatic carbocycles. The van der Waals surface area contributed by atoms with Crippen LogP contribution in [0.15, 0.2) is 18.2 Å². The van der Waals surface area contributed by atoms with Gasteiger partial charge in [-0.1, -0.05) is 18.2 Å². The molecule has 1 aromatic carbocycles. The molecule has 2 N–H and O–H groups in total. The number of nitrogens with one attached hydrogen (secondary N) is 2. The van der Waals surface area contributed by atoms with E-state index in [1.807, 2.05) is 25.2 Å². The van der Waals surface area contributed by atoms with Crippen LogP contribution in [-0.2, 0) is 22.7 Å². The molecule has 6 heteroatoms. The molecule has 1 aromatic rings. The second kappa shape index (κ2) is 5.29. The zero-order valence-corrected chi connectivity index (χ0v) is 11.8. The molecular weight excluding hydrogens is 270 g/mol. The topological polar surface area (TPSA) is 78.5 Å². The number of carbonyl (C=O) groups excluding carboxylic acids is 3. The molecule has 2 aliphatic heterocycles. The first-order chi connectivity index (χ1) is 10.1. The van der Waals surface area contributed by atoms with E-state index in [1.54, 1.807) is 4.90 Å². The summed E-state index contributed by atoms with van der Waals surface area (Å²) in [4.78, 5) is 37.4. The summed E-state index contributed by atoms with van der Waals surface area (Å²) in [6, 6.07) is 5.21. The van der Waals surface area contributed by atoms with Crippen molar-refractivity contribution in [2.24, 2.45) is 0 Å². The average Bonchev–Trinajstić information content (AvgIpc) is 2.78. The Morgan fingerprint density at radius 1 is 1.33 bits per heavy atom. The number of amides is 3. The van der Waals surface area contributed by atoms with Crippen LogP contribution >= 0.6 is 0 Å². The Labute approximate surface area is 122 Å². The molecular formula is C15H17N3O3. The number of piperidine rings is 1. The Bertz CT molecular complexity index is 627. The zero-order valence-electron chi connectivity index (χ0n) is 11.8. The summed E-state index contributed by atoms with van der Waals surface area (Å²) >= 11 is 0. The highest BCUT2D eigenvalue weighted by molar-refractivity contribution is 6.05. The molecule has 0 aromatic heterocycles. The van der Waals surface area contributed by atoms with Crippen molar-refractivity contribution in [2.45, 2.75) is 32.0 Å². The van der Waals surface area contributed by atoms with Crippen molar-refractivity contribution < 1.29 is 14.4 Å². The third-order valence-corrected chi connectivity index (χ3v) is 4.01. The van der Waals surface area contributed by atoms with Gasteiger partial charge in [0.1, 0.15) is 6.04 Å². The molecule has 6 nitrogen and oxygen atoms in total. The molecule has 21 heavy (non-hydrogen) atoms. The van der Waals surface area contributed by atoms with Gasteiger partial charge in [-0.15, -0.1) is 0 Å². The normalized spacial score (nSPS) is 21.5. The van der Waals surface area contributed by atoms with Gasteiger partial charge >= 0.3 is 0 Å². The summed E-state index contributed by atoms with van der Waals surface area (Å²) < 4.78 is 0. The van der Waals surface area contributed by atoms with Gasteiger partial charge in [0.25, 0.3) is 5.91 Å². The SMILES string of the molecule is CNCc1cccc2c1C(=O)N(C1CCC(=O)NC1=O)C2. The third-order valence-electron chi connectivity index (χ3n) is 4.01. The van der Waals surface area contributed by atoms with E-state index in [2.05, 4.69) is 10.6 Å². The molecule has 1 atom stereocenters. The summed E-state index contributed by atoms with van der Waals surface area (Å²) in [5.74, 6) is -0.760. The molecule has 2 aliphatic rings. The number of nitrogens with zero attached hydrogens (tertiary/aromatic N) is 1. The van der Waals surface area contributed by atoms with Crippen molar-refractivity contribution in [2.75, 3.05) is 7.05 Å². The lowest BCUT2D eigenvalue weighted by Gasteiger charge is -2.29. The molecule has 3 rings (SSSR count). The highest BCUT2D eigenvalue weighted by Crippen LogP contribution is 2.29. The molecule has 0 spiro atoms. The van der Waals surface area contributed by atoms with Gasteiger partial charge in [0.2, 0.25) is 11.8 Å². The van der Waals surface area contributed by atoms with Crippen molar-refractivity contribution >= 4 is 17.7 Å². The van der Waals surface area contributed by atoms with E-state index in [0.29, 0.717) is 25.1 Å². The minimum atomic E-state index is -0.551. The van der Waals surface area contributed by atoms with Crippen molar-refractivity contribution in [3.63, 3.8) is 0 Å². The molecule has 0 radical (unpaired) electrons. The first-order valence-electron chi connectivity index (χ1n) is 7.02. The van der Waals surface area contributed by atoms with Gasteiger partial charge in [0, 0.05) is 25.1 Å². The first-order valence-corrected chi connectivity index (χ1v) is 7.02. The molecule has 0 saturated carbocycles. The smallest absolute Gasteiger partial charge is 0.255 e. The zero-order chi connectivity index (χ0) is 15.0. The molecule has 0 bridgehead atoms. The number of imide groups is 1. The Balaban J connectivity index is 1.88. The minimum Gasteiger partial charge on any atom is -0.322 e. The van der Waals surface area contributed by atoms with Gasteiger partial charge < -0.3 is 10.2 Å². The van der Waals surface area contributed by atoms with Crippen LogP contribution in [0.5, 0.6) is 0 Å². The second-order valence-corrected chi connectivity index (χ2v) is 5.38. The van der Waals surface area contributed by atoms with E-state index in [9.17, 15) is 14.4 Å². The van der Waals surface area contributed by atoms with Crippen LogP contribution in [0.1, 0.15) is 34.3 Å². The number of hydrogen-bond acceptors (Lipinski definition) is 4. The molecule has 1 unspecified atom stereocenters. The summed E-state index contributed by atoms with van der Waals surface area (Å²) in [5.41, 5.74) is 2.57. The Morgan fingerprint density at radius 3 is 2.86 bits per heavy atom. The monoisotopic (exact) mass is 287 g/mol. The van der Waals surface area contributed by atoms with Gasteiger partial charge in [-0.25, -0.2) is 0 Å². The number of rotatable bonds is 3. The molecule has 3 amide bonds. The Morgan fingerprint density at radius 2 is 2.14 bits per heavy atom. The fourth-order valence-electron chi connectivity index (χ4n) is 3.03. The van der Waals surface area contributed by atoms with E-state index >= 15 is 0 Å². The second-order valence-electron chi connectivity index (χ2n) is 5.38. The average molecular weight is 287 g/mol. The molecule has 1 saturated heterocycles. The van der Waals surface area contributed by atoms with Gasteiger partial charge in [0.15, 0.2) is 0 Å². The third kappa shape index (κ3) is 2.31. The lowest BCUT2D eigenvalue weighted by Crippen LogP contribution is -2.52.